The van der Waals surface area contributed by atoms with Gasteiger partial charge in [-0.2, -0.15) is 0 Å². The Hall–Kier alpha value is -1.56. The number of nitrogens with one attached hydrogen (secondary N) is 1. The third-order valence-electron chi connectivity index (χ3n) is 3.35. The van der Waals surface area contributed by atoms with Crippen LogP contribution >= 0.6 is 23.2 Å². The molecule has 0 radical (unpaired) electrons. The number of nitrogens with two attached hydrogens (primary N) is 1. The Morgan fingerprint density at radius 1 is 1.25 bits per heavy atom. The molecule has 0 fully saturated rings. The van der Waals surface area contributed by atoms with E-state index in [1.165, 1.54) is 12.1 Å². The number of rotatable bonds is 10. The van der Waals surface area contributed by atoms with Crippen molar-refractivity contribution in [3.8, 4) is 5.75 Å². The van der Waals surface area contributed by atoms with Crippen LogP contribution in [0.15, 0.2) is 24.3 Å². The van der Waals surface area contributed by atoms with Gasteiger partial charge in [-0.15, -0.1) is 0 Å². The molecule has 0 atom stereocenters. The first-order valence-corrected chi connectivity index (χ1v) is 8.48. The van der Waals surface area contributed by atoms with E-state index in [0.29, 0.717) is 25.1 Å². The summed E-state index contributed by atoms with van der Waals surface area (Å²) in [6.45, 7) is 6.48. The Balaban J connectivity index is 2.68. The van der Waals surface area contributed by atoms with Gasteiger partial charge in [0.1, 0.15) is 10.8 Å². The molecule has 0 saturated heterocycles. The predicted octanol–water partition coefficient (Wildman–Crippen LogP) is 3.38. The van der Waals surface area contributed by atoms with Crippen molar-refractivity contribution in [2.24, 2.45) is 5.73 Å². The summed E-state index contributed by atoms with van der Waals surface area (Å²) in [7, 11) is 0. The Bertz CT molecular complexity index is 618. The van der Waals surface area contributed by atoms with E-state index in [9.17, 15) is 9.59 Å². The van der Waals surface area contributed by atoms with E-state index in [1.54, 1.807) is 0 Å². The molecule has 0 saturated carbocycles. The quantitative estimate of drug-likeness (QED) is 0.374. The maximum Gasteiger partial charge on any atom is 0.257 e. The number of carbonyl (C=O) groups excluding carboxylic acids is 2. The standard InChI is InChI=1S/C17H22Cl2N2O3/c1-3-11(2)17(23)12-6-7-13(16(19)15(12)18)24-10-14(22)21-9-5-4-8-20/h6-7H,2-5,8-10,20H2,1H3,(H,21,22). The van der Waals surface area contributed by atoms with Crippen LogP contribution in [0.25, 0.3) is 0 Å². The number of unbranched alkanes of at least 4 members (excludes halogenated alkanes) is 1. The molecular weight excluding hydrogens is 351 g/mol. The van der Waals surface area contributed by atoms with Crippen molar-refractivity contribution in [1.29, 1.82) is 0 Å². The van der Waals surface area contributed by atoms with Crippen molar-refractivity contribution in [1.82, 2.24) is 5.32 Å². The molecule has 0 aliphatic heterocycles. The van der Waals surface area contributed by atoms with Crippen LogP contribution < -0.4 is 15.8 Å². The number of ether oxygens (including phenoxy) is 1. The average molecular weight is 373 g/mol. The number of hydrogen-bond donors (Lipinski definition) is 2. The van der Waals surface area contributed by atoms with Crippen molar-refractivity contribution in [2.75, 3.05) is 19.7 Å². The van der Waals surface area contributed by atoms with Gasteiger partial charge in [0.15, 0.2) is 12.4 Å². The van der Waals surface area contributed by atoms with Gasteiger partial charge in [0, 0.05) is 12.1 Å². The molecule has 132 valence electrons. The Labute approximate surface area is 152 Å². The maximum absolute atomic E-state index is 12.1. The zero-order chi connectivity index (χ0) is 18.1. The van der Waals surface area contributed by atoms with E-state index in [1.807, 2.05) is 6.92 Å². The van der Waals surface area contributed by atoms with E-state index < -0.39 is 0 Å². The molecule has 1 aromatic carbocycles. The zero-order valence-electron chi connectivity index (χ0n) is 13.7. The van der Waals surface area contributed by atoms with E-state index in [2.05, 4.69) is 11.9 Å². The first kappa shape index (κ1) is 20.5. The maximum atomic E-state index is 12.1. The fraction of sp³-hybridized carbons (Fsp3) is 0.412. The largest absolute Gasteiger partial charge is 0.482 e. The topological polar surface area (TPSA) is 81.4 Å². The third-order valence-corrected chi connectivity index (χ3v) is 4.22. The smallest absolute Gasteiger partial charge is 0.257 e. The Morgan fingerprint density at radius 2 is 1.96 bits per heavy atom. The second-order valence-corrected chi connectivity index (χ2v) is 5.92. The second-order valence-electron chi connectivity index (χ2n) is 5.16. The normalized spacial score (nSPS) is 10.3. The van der Waals surface area contributed by atoms with Gasteiger partial charge in [0.05, 0.1) is 5.02 Å². The summed E-state index contributed by atoms with van der Waals surface area (Å²) >= 11 is 12.3. The molecule has 0 unspecified atom stereocenters. The summed E-state index contributed by atoms with van der Waals surface area (Å²) in [5.41, 5.74) is 6.09. The van der Waals surface area contributed by atoms with Crippen LogP contribution in [0.2, 0.25) is 10.0 Å². The average Bonchev–Trinajstić information content (AvgIpc) is 2.58. The first-order valence-electron chi connectivity index (χ1n) is 7.72. The van der Waals surface area contributed by atoms with Crippen molar-refractivity contribution in [3.63, 3.8) is 0 Å². The van der Waals surface area contributed by atoms with Crippen LogP contribution in [0.3, 0.4) is 0 Å². The molecule has 0 aliphatic carbocycles. The van der Waals surface area contributed by atoms with Crippen LogP contribution in [0.1, 0.15) is 36.5 Å². The zero-order valence-corrected chi connectivity index (χ0v) is 15.2. The molecule has 0 bridgehead atoms. The molecule has 0 heterocycles. The number of hydrogen-bond acceptors (Lipinski definition) is 4. The number of halogens is 2. The first-order chi connectivity index (χ1) is 11.4. The minimum Gasteiger partial charge on any atom is -0.482 e. The lowest BCUT2D eigenvalue weighted by Gasteiger charge is -2.12. The molecule has 0 aliphatic rings. The van der Waals surface area contributed by atoms with Gasteiger partial charge >= 0.3 is 0 Å². The third kappa shape index (κ3) is 5.82. The van der Waals surface area contributed by atoms with Crippen LogP contribution in [0.4, 0.5) is 0 Å². The highest BCUT2D eigenvalue weighted by atomic mass is 35.5. The molecule has 0 aromatic heterocycles. The predicted molar refractivity (Wildman–Crippen MR) is 97.0 cm³/mol. The minimum atomic E-state index is -0.265. The summed E-state index contributed by atoms with van der Waals surface area (Å²) in [4.78, 5) is 23.8. The van der Waals surface area contributed by atoms with Gasteiger partial charge in [-0.1, -0.05) is 36.7 Å². The van der Waals surface area contributed by atoms with Gasteiger partial charge < -0.3 is 15.8 Å². The number of Topliss-reactive ketones (excluding diaryl/α,β-unsaturated/α-hetero) is 1. The van der Waals surface area contributed by atoms with Gasteiger partial charge in [-0.25, -0.2) is 0 Å². The van der Waals surface area contributed by atoms with Gasteiger partial charge in [0.2, 0.25) is 0 Å². The van der Waals surface area contributed by atoms with Crippen LogP contribution in [-0.4, -0.2) is 31.4 Å². The molecular formula is C17H22Cl2N2O3. The Morgan fingerprint density at radius 3 is 2.58 bits per heavy atom. The van der Waals surface area contributed by atoms with Crippen molar-refractivity contribution in [3.05, 3.63) is 39.9 Å². The number of benzene rings is 1. The van der Waals surface area contributed by atoms with E-state index in [4.69, 9.17) is 33.7 Å². The lowest BCUT2D eigenvalue weighted by molar-refractivity contribution is -0.123. The van der Waals surface area contributed by atoms with E-state index in [-0.39, 0.29) is 39.7 Å². The molecule has 0 spiro atoms. The van der Waals surface area contributed by atoms with Gasteiger partial charge in [0.25, 0.3) is 5.91 Å². The van der Waals surface area contributed by atoms with Gasteiger partial charge in [-0.3, -0.25) is 9.59 Å². The monoisotopic (exact) mass is 372 g/mol. The molecule has 1 aromatic rings. The summed E-state index contributed by atoms with van der Waals surface area (Å²) in [6.07, 6.45) is 2.18. The minimum absolute atomic E-state index is 0.0946. The van der Waals surface area contributed by atoms with Gasteiger partial charge in [-0.05, 0) is 43.5 Å². The molecule has 7 heteroatoms. The summed E-state index contributed by atoms with van der Waals surface area (Å²) in [5, 5.41) is 2.91. The highest BCUT2D eigenvalue weighted by molar-refractivity contribution is 6.45. The van der Waals surface area contributed by atoms with Crippen LogP contribution in [-0.2, 0) is 4.79 Å². The molecule has 3 N–H and O–H groups in total. The Kier molecular flexibility index (Phi) is 8.82. The van der Waals surface area contributed by atoms with Crippen molar-refractivity contribution >= 4 is 34.9 Å². The van der Waals surface area contributed by atoms with Crippen molar-refractivity contribution < 1.29 is 14.3 Å². The second kappa shape index (κ2) is 10.3. The summed E-state index contributed by atoms with van der Waals surface area (Å²) in [5.74, 6) is -0.273. The number of allylic oxidation sites excluding steroid dienone is 1. The van der Waals surface area contributed by atoms with E-state index in [0.717, 1.165) is 12.8 Å². The fourth-order valence-corrected chi connectivity index (χ4v) is 2.32. The van der Waals surface area contributed by atoms with Crippen LogP contribution in [0, 0.1) is 0 Å². The fourth-order valence-electron chi connectivity index (χ4n) is 1.86. The lowest BCUT2D eigenvalue weighted by atomic mass is 10.0. The van der Waals surface area contributed by atoms with Crippen molar-refractivity contribution in [2.45, 2.75) is 26.2 Å². The lowest BCUT2D eigenvalue weighted by Crippen LogP contribution is -2.30. The highest BCUT2D eigenvalue weighted by Gasteiger charge is 2.18. The summed E-state index contributed by atoms with van der Waals surface area (Å²) < 4.78 is 5.37. The highest BCUT2D eigenvalue weighted by Crippen LogP contribution is 2.35. The number of ketones is 1. The summed E-state index contributed by atoms with van der Waals surface area (Å²) in [6, 6.07) is 3.04. The molecule has 24 heavy (non-hydrogen) atoms. The number of carbonyl (C=O) groups is 2. The number of amides is 1. The molecule has 5 nitrogen and oxygen atoms in total. The van der Waals surface area contributed by atoms with Crippen LogP contribution in [0.5, 0.6) is 5.75 Å². The molecule has 1 amide bonds. The van der Waals surface area contributed by atoms with E-state index >= 15 is 0 Å². The molecule has 1 rings (SSSR count). The SMILES string of the molecule is C=C(CC)C(=O)c1ccc(OCC(=O)NCCCCN)c(Cl)c1Cl.